The summed E-state index contributed by atoms with van der Waals surface area (Å²) in [6.45, 7) is 0. The highest BCUT2D eigenvalue weighted by Gasteiger charge is 2.23. The van der Waals surface area contributed by atoms with Crippen LogP contribution in [0.2, 0.25) is 0 Å². The lowest BCUT2D eigenvalue weighted by atomic mass is 9.92. The number of hydrogen-bond donors (Lipinski definition) is 2. The lowest BCUT2D eigenvalue weighted by Gasteiger charge is -2.35. The molecule has 0 spiro atoms. The summed E-state index contributed by atoms with van der Waals surface area (Å²) in [5.41, 5.74) is 3.62. The van der Waals surface area contributed by atoms with Gasteiger partial charge in [0.1, 0.15) is 11.6 Å². The van der Waals surface area contributed by atoms with Crippen LogP contribution in [0.5, 0.6) is 0 Å². The van der Waals surface area contributed by atoms with Crippen LogP contribution in [0.3, 0.4) is 0 Å². The molecule has 3 N–H and O–H groups in total. The zero-order chi connectivity index (χ0) is 13.9. The molecule has 0 aliphatic heterocycles. The van der Waals surface area contributed by atoms with Gasteiger partial charge in [-0.1, -0.05) is 30.3 Å². The second-order valence-corrected chi connectivity index (χ2v) is 5.14. The molecule has 0 amide bonds. The van der Waals surface area contributed by atoms with Crippen LogP contribution < -0.4 is 16.2 Å². The number of benzene rings is 1. The van der Waals surface area contributed by atoms with E-state index in [2.05, 4.69) is 27.3 Å². The van der Waals surface area contributed by atoms with Crippen LogP contribution in [0, 0.1) is 0 Å². The minimum Gasteiger partial charge on any atom is -0.357 e. The van der Waals surface area contributed by atoms with Gasteiger partial charge in [0.25, 0.3) is 0 Å². The number of aromatic nitrogens is 2. The molecule has 104 valence electrons. The number of anilines is 2. The molecule has 0 radical (unpaired) electrons. The van der Waals surface area contributed by atoms with Crippen molar-refractivity contribution in [3.05, 3.63) is 36.4 Å². The van der Waals surface area contributed by atoms with E-state index in [9.17, 15) is 0 Å². The Hall–Kier alpha value is -2.14. The van der Waals surface area contributed by atoms with Crippen LogP contribution in [0.25, 0.3) is 11.4 Å². The Kier molecular flexibility index (Phi) is 3.52. The van der Waals surface area contributed by atoms with Gasteiger partial charge in [0.2, 0.25) is 0 Å². The molecule has 1 aliphatic carbocycles. The Morgan fingerprint density at radius 1 is 1.20 bits per heavy atom. The summed E-state index contributed by atoms with van der Waals surface area (Å²) in [7, 11) is 2.08. The molecule has 5 heteroatoms. The van der Waals surface area contributed by atoms with Gasteiger partial charge in [-0.15, -0.1) is 0 Å². The molecule has 3 rings (SSSR count). The molecule has 0 saturated heterocycles. The average Bonchev–Trinajstić information content (AvgIpc) is 2.46. The summed E-state index contributed by atoms with van der Waals surface area (Å²) < 4.78 is 0. The number of nitrogens with two attached hydrogens (primary N) is 1. The van der Waals surface area contributed by atoms with E-state index < -0.39 is 0 Å². The normalized spacial score (nSPS) is 14.7. The average molecular weight is 269 g/mol. The summed E-state index contributed by atoms with van der Waals surface area (Å²) >= 11 is 0. The van der Waals surface area contributed by atoms with Crippen molar-refractivity contribution in [2.45, 2.75) is 25.3 Å². The van der Waals surface area contributed by atoms with Crippen molar-refractivity contribution < 1.29 is 0 Å². The first-order chi connectivity index (χ1) is 9.78. The van der Waals surface area contributed by atoms with Crippen molar-refractivity contribution in [1.82, 2.24) is 9.97 Å². The highest BCUT2D eigenvalue weighted by atomic mass is 15.3. The van der Waals surface area contributed by atoms with Crippen molar-refractivity contribution in [2.24, 2.45) is 5.84 Å². The largest absolute Gasteiger partial charge is 0.357 e. The predicted octanol–water partition coefficient (Wildman–Crippen LogP) is 2.42. The third-order valence-corrected chi connectivity index (χ3v) is 3.88. The van der Waals surface area contributed by atoms with Gasteiger partial charge in [0.05, 0.1) is 0 Å². The van der Waals surface area contributed by atoms with Crippen molar-refractivity contribution in [3.8, 4) is 11.4 Å². The molecular weight excluding hydrogens is 250 g/mol. The van der Waals surface area contributed by atoms with Gasteiger partial charge in [0.15, 0.2) is 5.82 Å². The van der Waals surface area contributed by atoms with Gasteiger partial charge < -0.3 is 10.3 Å². The van der Waals surface area contributed by atoms with Crippen LogP contribution in [0.1, 0.15) is 19.3 Å². The molecule has 2 aromatic rings. The third kappa shape index (κ3) is 2.44. The molecular formula is C15H19N5. The fourth-order valence-electron chi connectivity index (χ4n) is 2.37. The van der Waals surface area contributed by atoms with E-state index >= 15 is 0 Å². The molecule has 0 bridgehead atoms. The summed E-state index contributed by atoms with van der Waals surface area (Å²) in [6.07, 6.45) is 3.76. The Bertz CT molecular complexity index is 580. The Morgan fingerprint density at radius 2 is 1.95 bits per heavy atom. The first-order valence-electron chi connectivity index (χ1n) is 6.92. The predicted molar refractivity (Wildman–Crippen MR) is 81.3 cm³/mol. The van der Waals surface area contributed by atoms with Crippen molar-refractivity contribution in [1.29, 1.82) is 0 Å². The summed E-state index contributed by atoms with van der Waals surface area (Å²) in [4.78, 5) is 11.3. The number of hydrazine groups is 1. The lowest BCUT2D eigenvalue weighted by Crippen LogP contribution is -2.37. The van der Waals surface area contributed by atoms with E-state index in [0.717, 1.165) is 11.4 Å². The number of nitrogen functional groups attached to an aromatic ring is 1. The van der Waals surface area contributed by atoms with E-state index in [1.807, 2.05) is 36.4 Å². The molecule has 1 aromatic carbocycles. The maximum atomic E-state index is 5.53. The second kappa shape index (κ2) is 5.46. The zero-order valence-corrected chi connectivity index (χ0v) is 11.6. The zero-order valence-electron chi connectivity index (χ0n) is 11.6. The van der Waals surface area contributed by atoms with Crippen LogP contribution in [-0.2, 0) is 0 Å². The summed E-state index contributed by atoms with van der Waals surface area (Å²) in [5, 5.41) is 0. The van der Waals surface area contributed by atoms with E-state index in [-0.39, 0.29) is 0 Å². The van der Waals surface area contributed by atoms with E-state index in [4.69, 9.17) is 5.84 Å². The fraction of sp³-hybridized carbons (Fsp3) is 0.333. The van der Waals surface area contributed by atoms with Gasteiger partial charge in [-0.2, -0.15) is 0 Å². The number of rotatable bonds is 4. The Balaban J connectivity index is 1.98. The number of nitrogens with one attached hydrogen (secondary N) is 1. The van der Waals surface area contributed by atoms with Gasteiger partial charge in [-0.25, -0.2) is 15.8 Å². The Labute approximate surface area is 118 Å². The third-order valence-electron chi connectivity index (χ3n) is 3.88. The molecule has 20 heavy (non-hydrogen) atoms. The maximum Gasteiger partial charge on any atom is 0.163 e. The van der Waals surface area contributed by atoms with Crippen LogP contribution in [-0.4, -0.2) is 23.1 Å². The van der Waals surface area contributed by atoms with Crippen molar-refractivity contribution >= 4 is 11.6 Å². The van der Waals surface area contributed by atoms with Gasteiger partial charge in [0, 0.05) is 24.7 Å². The van der Waals surface area contributed by atoms with Crippen LogP contribution >= 0.6 is 0 Å². The molecule has 1 aromatic heterocycles. The smallest absolute Gasteiger partial charge is 0.163 e. The van der Waals surface area contributed by atoms with Gasteiger partial charge in [-0.05, 0) is 19.3 Å². The SMILES string of the molecule is CN(c1cc(NN)nc(-c2ccccc2)n1)C1CCC1. The highest BCUT2D eigenvalue weighted by molar-refractivity contribution is 5.61. The molecule has 1 fully saturated rings. The molecule has 1 aliphatic rings. The van der Waals surface area contributed by atoms with Crippen LogP contribution in [0.4, 0.5) is 11.6 Å². The molecule has 0 atom stereocenters. The molecule has 1 saturated carbocycles. The summed E-state index contributed by atoms with van der Waals surface area (Å²) in [6, 6.07) is 12.4. The van der Waals surface area contributed by atoms with E-state index in [1.54, 1.807) is 0 Å². The number of nitrogens with zero attached hydrogens (tertiary/aromatic N) is 3. The summed E-state index contributed by atoms with van der Waals surface area (Å²) in [5.74, 6) is 7.78. The first kappa shape index (κ1) is 12.9. The van der Waals surface area contributed by atoms with E-state index in [0.29, 0.717) is 17.7 Å². The van der Waals surface area contributed by atoms with Crippen molar-refractivity contribution in [3.63, 3.8) is 0 Å². The molecule has 1 heterocycles. The van der Waals surface area contributed by atoms with Gasteiger partial charge in [-0.3, -0.25) is 0 Å². The maximum absolute atomic E-state index is 5.53. The minimum absolute atomic E-state index is 0.583. The first-order valence-corrected chi connectivity index (χ1v) is 6.92. The van der Waals surface area contributed by atoms with Crippen LogP contribution in [0.15, 0.2) is 36.4 Å². The number of hydrogen-bond acceptors (Lipinski definition) is 5. The van der Waals surface area contributed by atoms with Gasteiger partial charge >= 0.3 is 0 Å². The Morgan fingerprint density at radius 3 is 2.55 bits per heavy atom. The topological polar surface area (TPSA) is 67.1 Å². The monoisotopic (exact) mass is 269 g/mol. The minimum atomic E-state index is 0.583. The molecule has 5 nitrogen and oxygen atoms in total. The fourth-order valence-corrected chi connectivity index (χ4v) is 2.37. The quantitative estimate of drug-likeness (QED) is 0.659. The highest BCUT2D eigenvalue weighted by Crippen LogP contribution is 2.29. The lowest BCUT2D eigenvalue weighted by molar-refractivity contribution is 0.399. The van der Waals surface area contributed by atoms with Crippen molar-refractivity contribution in [2.75, 3.05) is 17.4 Å². The van der Waals surface area contributed by atoms with E-state index in [1.165, 1.54) is 19.3 Å². The standard InChI is InChI=1S/C15H19N5/c1-20(12-8-5-9-12)14-10-13(19-16)17-15(18-14)11-6-3-2-4-7-11/h2-4,6-7,10,12H,5,8-9,16H2,1H3,(H,17,18,19). The second-order valence-electron chi connectivity index (χ2n) is 5.14. The molecule has 0 unspecified atom stereocenters.